The number of carbonyl (C=O) groups is 2. The van der Waals surface area contributed by atoms with E-state index in [1.807, 2.05) is 0 Å². The van der Waals surface area contributed by atoms with Gasteiger partial charge in [0.2, 0.25) is 0 Å². The molecule has 1 saturated heterocycles. The Hall–Kier alpha value is -0.830. The Morgan fingerprint density at radius 2 is 1.29 bits per heavy atom. The Labute approximate surface area is 256 Å². The number of unbranched alkanes of at least 4 members (excludes halogenated alkanes) is 15. The van der Waals surface area contributed by atoms with Crippen molar-refractivity contribution in [3.63, 3.8) is 0 Å². The van der Waals surface area contributed by atoms with E-state index in [1.54, 1.807) is 0 Å². The number of ketones is 1. The van der Waals surface area contributed by atoms with Gasteiger partial charge in [-0.25, -0.2) is 4.57 Å². The smallest absolute Gasteiger partial charge is 0.460 e. The molecule has 0 amide bonds. The number of rotatable bonds is 29. The van der Waals surface area contributed by atoms with Crippen LogP contribution in [0, 0.1) is 0 Å². The summed E-state index contributed by atoms with van der Waals surface area (Å²) >= 11 is 0. The minimum atomic E-state index is -4.54. The molecule has 0 saturated carbocycles. The zero-order chi connectivity index (χ0) is 30.9. The highest BCUT2D eigenvalue weighted by Gasteiger charge is 2.28. The van der Waals surface area contributed by atoms with Gasteiger partial charge in [0.15, 0.2) is 0 Å². The second-order valence-corrected chi connectivity index (χ2v) is 13.4. The summed E-state index contributed by atoms with van der Waals surface area (Å²) in [7, 11) is -4.54. The average molecular weight is 620 g/mol. The largest absolute Gasteiger partial charge is 0.469 e. The van der Waals surface area contributed by atoms with E-state index in [9.17, 15) is 14.2 Å². The van der Waals surface area contributed by atoms with Gasteiger partial charge in [-0.15, -0.1) is 0 Å². The molecule has 0 spiro atoms. The van der Waals surface area contributed by atoms with Crippen LogP contribution in [0.25, 0.3) is 0 Å². The number of hydrogen-bond donors (Lipinski definition) is 2. The minimum Gasteiger partial charge on any atom is -0.460 e. The van der Waals surface area contributed by atoms with Crippen LogP contribution in [-0.2, 0) is 28.2 Å². The molecular formula is C32H62NO8P. The lowest BCUT2D eigenvalue weighted by atomic mass is 10.0. The summed E-state index contributed by atoms with van der Waals surface area (Å²) < 4.78 is 27.4. The molecule has 0 radical (unpaired) electrons. The predicted octanol–water partition coefficient (Wildman–Crippen LogP) is 7.51. The molecule has 1 aliphatic heterocycles. The molecule has 9 nitrogen and oxygen atoms in total. The zero-order valence-electron chi connectivity index (χ0n) is 26.8. The molecule has 0 aromatic heterocycles. The minimum absolute atomic E-state index is 0.0617. The monoisotopic (exact) mass is 619 g/mol. The number of hydrogen-bond acceptors (Lipinski definition) is 7. The van der Waals surface area contributed by atoms with Crippen LogP contribution in [0.15, 0.2) is 0 Å². The van der Waals surface area contributed by atoms with Crippen molar-refractivity contribution >= 4 is 19.6 Å². The molecule has 42 heavy (non-hydrogen) atoms. The van der Waals surface area contributed by atoms with Gasteiger partial charge in [-0.3, -0.25) is 14.1 Å². The van der Waals surface area contributed by atoms with Gasteiger partial charge < -0.3 is 24.2 Å². The standard InChI is InChI=1S/C32H62NO8P/c1-3-4-5-6-7-8-9-10-11-12-13-14-15-16-17-20-24-39-28-31(41-32(35)26-29(2)34)27-30(33-22-18-19-23-33)21-25-40-42(36,37)38/h30-31H,3-28H2,1-2H3,(H2,36,37,38). The summed E-state index contributed by atoms with van der Waals surface area (Å²) in [6.07, 6.45) is 23.2. The van der Waals surface area contributed by atoms with E-state index in [2.05, 4.69) is 11.8 Å². The molecule has 1 rings (SSSR count). The fourth-order valence-electron chi connectivity index (χ4n) is 5.72. The van der Waals surface area contributed by atoms with Crippen molar-refractivity contribution in [2.24, 2.45) is 0 Å². The van der Waals surface area contributed by atoms with Crippen LogP contribution in [0.1, 0.15) is 149 Å². The van der Waals surface area contributed by atoms with Crippen LogP contribution in [0.3, 0.4) is 0 Å². The lowest BCUT2D eigenvalue weighted by Gasteiger charge is -2.31. The van der Waals surface area contributed by atoms with Gasteiger partial charge >= 0.3 is 13.8 Å². The van der Waals surface area contributed by atoms with E-state index in [-0.39, 0.29) is 31.5 Å². The van der Waals surface area contributed by atoms with E-state index in [0.717, 1.165) is 38.8 Å². The fraction of sp³-hybridized carbons (Fsp3) is 0.938. The van der Waals surface area contributed by atoms with Crippen molar-refractivity contribution < 1.29 is 37.9 Å². The highest BCUT2D eigenvalue weighted by atomic mass is 31.2. The zero-order valence-corrected chi connectivity index (χ0v) is 27.7. The van der Waals surface area contributed by atoms with Crippen molar-refractivity contribution in [2.45, 2.75) is 161 Å². The molecule has 1 fully saturated rings. The molecular weight excluding hydrogens is 557 g/mol. The van der Waals surface area contributed by atoms with Crippen LogP contribution in [0.2, 0.25) is 0 Å². The topological polar surface area (TPSA) is 123 Å². The first-order chi connectivity index (χ1) is 20.2. The maximum atomic E-state index is 12.3. The number of phosphoric acid groups is 1. The lowest BCUT2D eigenvalue weighted by molar-refractivity contribution is -0.154. The first kappa shape index (κ1) is 39.2. The highest BCUT2D eigenvalue weighted by molar-refractivity contribution is 7.46. The molecule has 2 N–H and O–H groups in total. The first-order valence-electron chi connectivity index (χ1n) is 16.9. The summed E-state index contributed by atoms with van der Waals surface area (Å²) in [5, 5.41) is 0. The van der Waals surface area contributed by atoms with Gasteiger partial charge in [0, 0.05) is 19.1 Å². The Morgan fingerprint density at radius 3 is 1.76 bits per heavy atom. The van der Waals surface area contributed by atoms with Crippen molar-refractivity contribution in [1.29, 1.82) is 0 Å². The normalized spacial score (nSPS) is 15.6. The van der Waals surface area contributed by atoms with Crippen LogP contribution in [0.5, 0.6) is 0 Å². The third-order valence-corrected chi connectivity index (χ3v) is 8.56. The summed E-state index contributed by atoms with van der Waals surface area (Å²) in [4.78, 5) is 44.0. The van der Waals surface area contributed by atoms with Gasteiger partial charge in [-0.05, 0) is 45.7 Å². The number of nitrogens with zero attached hydrogens (tertiary/aromatic N) is 1. The van der Waals surface area contributed by atoms with Gasteiger partial charge in [0.05, 0.1) is 13.2 Å². The van der Waals surface area contributed by atoms with Gasteiger partial charge in [0.1, 0.15) is 18.3 Å². The molecule has 248 valence electrons. The molecule has 0 aromatic carbocycles. The molecule has 10 heteroatoms. The summed E-state index contributed by atoms with van der Waals surface area (Å²) in [6, 6.07) is -0.0617. The Bertz CT molecular complexity index is 725. The van der Waals surface area contributed by atoms with Gasteiger partial charge in [0.25, 0.3) is 0 Å². The van der Waals surface area contributed by atoms with Crippen LogP contribution < -0.4 is 0 Å². The second-order valence-electron chi connectivity index (χ2n) is 12.1. The van der Waals surface area contributed by atoms with Gasteiger partial charge in [-0.2, -0.15) is 0 Å². The number of Topliss-reactive ketones (excluding diaryl/α,β-unsaturated/α-hetero) is 1. The Morgan fingerprint density at radius 1 is 0.786 bits per heavy atom. The van der Waals surface area contributed by atoms with Crippen molar-refractivity contribution in [1.82, 2.24) is 4.90 Å². The van der Waals surface area contributed by atoms with Crippen molar-refractivity contribution in [3.8, 4) is 0 Å². The maximum Gasteiger partial charge on any atom is 0.469 e. The van der Waals surface area contributed by atoms with E-state index >= 15 is 0 Å². The molecule has 2 unspecified atom stereocenters. The molecule has 0 aliphatic carbocycles. The third-order valence-electron chi connectivity index (χ3n) is 8.04. The first-order valence-corrected chi connectivity index (χ1v) is 18.4. The molecule has 0 aromatic rings. The van der Waals surface area contributed by atoms with E-state index < -0.39 is 19.9 Å². The van der Waals surface area contributed by atoms with E-state index in [1.165, 1.54) is 96.8 Å². The molecule has 1 heterocycles. The van der Waals surface area contributed by atoms with E-state index in [4.69, 9.17) is 23.8 Å². The lowest BCUT2D eigenvalue weighted by Crippen LogP contribution is -2.39. The van der Waals surface area contributed by atoms with Crippen LogP contribution >= 0.6 is 7.82 Å². The number of phosphoric ester groups is 1. The third kappa shape index (κ3) is 23.6. The number of likely N-dealkylation sites (tertiary alicyclic amines) is 1. The SMILES string of the molecule is CCCCCCCCCCCCCCCCCCOCC(CC(CCOP(=O)(O)O)N1CCCC1)OC(=O)CC(C)=O. The molecule has 2 atom stereocenters. The summed E-state index contributed by atoms with van der Waals surface area (Å²) in [5.41, 5.74) is 0. The molecule has 1 aliphatic rings. The predicted molar refractivity (Wildman–Crippen MR) is 167 cm³/mol. The van der Waals surface area contributed by atoms with Crippen molar-refractivity contribution in [2.75, 3.05) is 32.9 Å². The number of esters is 1. The highest BCUT2D eigenvalue weighted by Crippen LogP contribution is 2.36. The Balaban J connectivity index is 2.24. The summed E-state index contributed by atoms with van der Waals surface area (Å²) in [5.74, 6) is -0.816. The molecule has 0 bridgehead atoms. The van der Waals surface area contributed by atoms with Crippen molar-refractivity contribution in [3.05, 3.63) is 0 Å². The Kier molecular flexibility index (Phi) is 23.8. The average Bonchev–Trinajstić information content (AvgIpc) is 3.45. The summed E-state index contributed by atoms with van der Waals surface area (Å²) in [6.45, 7) is 6.14. The van der Waals surface area contributed by atoms with Crippen LogP contribution in [-0.4, -0.2) is 71.5 Å². The number of carbonyl (C=O) groups excluding carboxylic acids is 2. The van der Waals surface area contributed by atoms with Crippen LogP contribution in [0.4, 0.5) is 0 Å². The fourth-order valence-corrected chi connectivity index (χ4v) is 6.06. The van der Waals surface area contributed by atoms with E-state index in [0.29, 0.717) is 19.4 Å². The second kappa shape index (κ2) is 25.5. The quantitative estimate of drug-likeness (QED) is 0.0379. The number of ether oxygens (including phenoxy) is 2. The van der Waals surface area contributed by atoms with Gasteiger partial charge in [-0.1, -0.05) is 103 Å². The maximum absolute atomic E-state index is 12.3.